The molecule has 1 fully saturated rings. The molecule has 1 aliphatic heterocycles. The maximum absolute atomic E-state index is 12.8. The molecular weight excluding hydrogens is 292 g/mol. The number of pyridine rings is 1. The van der Waals surface area contributed by atoms with E-state index in [1.54, 1.807) is 10.6 Å². The summed E-state index contributed by atoms with van der Waals surface area (Å²) in [6.07, 6.45) is 5.86. The Kier molecular flexibility index (Phi) is 4.60. The molecule has 0 atom stereocenters. The zero-order valence-corrected chi connectivity index (χ0v) is 13.4. The molecule has 1 aliphatic rings. The predicted molar refractivity (Wildman–Crippen MR) is 87.6 cm³/mol. The van der Waals surface area contributed by atoms with Gasteiger partial charge in [0.05, 0.1) is 5.52 Å². The number of likely N-dealkylation sites (tertiary alicyclic amines) is 1. The molecule has 6 nitrogen and oxygen atoms in total. The largest absolute Gasteiger partial charge is 0.351 e. The topological polar surface area (TPSA) is 66.7 Å². The number of piperidine rings is 1. The number of nitrogens with zero attached hydrogens (tertiary/aromatic N) is 3. The van der Waals surface area contributed by atoms with Crippen molar-refractivity contribution >= 4 is 17.3 Å². The van der Waals surface area contributed by atoms with Gasteiger partial charge in [-0.25, -0.2) is 4.98 Å². The van der Waals surface area contributed by atoms with Crippen LogP contribution in [0.2, 0.25) is 0 Å². The van der Waals surface area contributed by atoms with Gasteiger partial charge in [-0.05, 0) is 37.8 Å². The molecule has 0 radical (unpaired) electrons. The van der Waals surface area contributed by atoms with Gasteiger partial charge in [0.1, 0.15) is 0 Å². The molecular formula is C17H22N4O2. The lowest BCUT2D eigenvalue weighted by molar-refractivity contribution is 0.0711. The van der Waals surface area contributed by atoms with Gasteiger partial charge in [-0.1, -0.05) is 13.0 Å². The Morgan fingerprint density at radius 1 is 1.22 bits per heavy atom. The molecule has 2 aromatic rings. The normalized spacial score (nSPS) is 14.9. The van der Waals surface area contributed by atoms with E-state index in [4.69, 9.17) is 0 Å². The van der Waals surface area contributed by atoms with Crippen LogP contribution in [-0.2, 0) is 0 Å². The Labute approximate surface area is 135 Å². The fourth-order valence-electron chi connectivity index (χ4n) is 2.92. The molecule has 0 bridgehead atoms. The first-order valence-corrected chi connectivity index (χ1v) is 8.27. The summed E-state index contributed by atoms with van der Waals surface area (Å²) in [5.74, 6) is -0.00201. The third kappa shape index (κ3) is 3.06. The average molecular weight is 314 g/mol. The summed E-state index contributed by atoms with van der Waals surface area (Å²) in [5.41, 5.74) is 0.987. The average Bonchev–Trinajstić information content (AvgIpc) is 2.99. The Bertz CT molecular complexity index is 716. The van der Waals surface area contributed by atoms with Crippen molar-refractivity contribution < 1.29 is 9.59 Å². The highest BCUT2D eigenvalue weighted by atomic mass is 16.2. The fraction of sp³-hybridized carbons (Fsp3) is 0.471. The number of fused-ring (bicyclic) bond motifs is 1. The monoisotopic (exact) mass is 314 g/mol. The summed E-state index contributed by atoms with van der Waals surface area (Å²) in [6, 6.07) is 5.51. The maximum Gasteiger partial charge on any atom is 0.290 e. The molecule has 2 aromatic heterocycles. The van der Waals surface area contributed by atoms with Crippen molar-refractivity contribution in [3.05, 3.63) is 35.9 Å². The van der Waals surface area contributed by atoms with Crippen molar-refractivity contribution in [3.63, 3.8) is 0 Å². The maximum atomic E-state index is 12.8. The van der Waals surface area contributed by atoms with Crippen LogP contribution >= 0.6 is 0 Å². The second kappa shape index (κ2) is 6.81. The van der Waals surface area contributed by atoms with Gasteiger partial charge in [0.25, 0.3) is 11.8 Å². The van der Waals surface area contributed by atoms with Crippen LogP contribution in [0.3, 0.4) is 0 Å². The molecule has 2 amide bonds. The SMILES string of the molecule is CCCNC(=O)c1nc(C(=O)N2CCCCC2)n2ccccc12. The standard InChI is InChI=1S/C17H22N4O2/c1-2-9-18-16(22)14-13-8-4-7-12-21(13)15(19-14)17(23)20-10-5-3-6-11-20/h4,7-8,12H,2-3,5-6,9-11H2,1H3,(H,18,22). The molecule has 1 N–H and O–H groups in total. The lowest BCUT2D eigenvalue weighted by atomic mass is 10.1. The van der Waals surface area contributed by atoms with Crippen LogP contribution < -0.4 is 5.32 Å². The van der Waals surface area contributed by atoms with Crippen LogP contribution in [0.4, 0.5) is 0 Å². The van der Waals surface area contributed by atoms with Gasteiger partial charge in [0.15, 0.2) is 5.69 Å². The Morgan fingerprint density at radius 3 is 2.74 bits per heavy atom. The summed E-state index contributed by atoms with van der Waals surface area (Å²) in [6.45, 7) is 4.12. The van der Waals surface area contributed by atoms with E-state index in [2.05, 4.69) is 10.3 Å². The molecule has 0 aromatic carbocycles. The molecule has 122 valence electrons. The molecule has 0 unspecified atom stereocenters. The van der Waals surface area contributed by atoms with Crippen LogP contribution in [0.5, 0.6) is 0 Å². The number of nitrogens with one attached hydrogen (secondary N) is 1. The highest BCUT2D eigenvalue weighted by Gasteiger charge is 2.25. The van der Waals surface area contributed by atoms with Crippen molar-refractivity contribution in [2.75, 3.05) is 19.6 Å². The number of hydrogen-bond acceptors (Lipinski definition) is 3. The number of aromatic nitrogens is 2. The molecule has 0 spiro atoms. The van der Waals surface area contributed by atoms with Crippen molar-refractivity contribution in [2.45, 2.75) is 32.6 Å². The Hall–Kier alpha value is -2.37. The first-order valence-electron chi connectivity index (χ1n) is 8.27. The number of amides is 2. The molecule has 3 rings (SSSR count). The Morgan fingerprint density at radius 2 is 2.00 bits per heavy atom. The van der Waals surface area contributed by atoms with E-state index in [1.165, 1.54) is 0 Å². The van der Waals surface area contributed by atoms with Gasteiger partial charge >= 0.3 is 0 Å². The highest BCUT2D eigenvalue weighted by Crippen LogP contribution is 2.17. The van der Waals surface area contributed by atoms with E-state index in [0.29, 0.717) is 23.6 Å². The number of hydrogen-bond donors (Lipinski definition) is 1. The summed E-state index contributed by atoms with van der Waals surface area (Å²) in [5, 5.41) is 2.83. The molecule has 0 saturated carbocycles. The predicted octanol–water partition coefficient (Wildman–Crippen LogP) is 2.10. The number of carbonyl (C=O) groups excluding carboxylic acids is 2. The van der Waals surface area contributed by atoms with E-state index in [9.17, 15) is 9.59 Å². The van der Waals surface area contributed by atoms with Crippen LogP contribution in [0.1, 0.15) is 53.7 Å². The second-order valence-corrected chi connectivity index (χ2v) is 5.85. The third-order valence-electron chi connectivity index (χ3n) is 4.13. The smallest absolute Gasteiger partial charge is 0.290 e. The zero-order valence-electron chi connectivity index (χ0n) is 13.4. The molecule has 6 heteroatoms. The minimum atomic E-state index is -0.228. The third-order valence-corrected chi connectivity index (χ3v) is 4.13. The van der Waals surface area contributed by atoms with Gasteiger partial charge in [-0.2, -0.15) is 0 Å². The van der Waals surface area contributed by atoms with Crippen molar-refractivity contribution in [1.82, 2.24) is 19.6 Å². The van der Waals surface area contributed by atoms with Crippen molar-refractivity contribution in [2.24, 2.45) is 0 Å². The van der Waals surface area contributed by atoms with Gasteiger partial charge < -0.3 is 10.2 Å². The van der Waals surface area contributed by atoms with Gasteiger partial charge in [-0.3, -0.25) is 14.0 Å². The highest BCUT2D eigenvalue weighted by molar-refractivity contribution is 6.02. The van der Waals surface area contributed by atoms with Crippen molar-refractivity contribution in [1.29, 1.82) is 0 Å². The van der Waals surface area contributed by atoms with Crippen LogP contribution in [0, 0.1) is 0 Å². The molecule has 1 saturated heterocycles. The first kappa shape index (κ1) is 15.5. The lowest BCUT2D eigenvalue weighted by Gasteiger charge is -2.25. The number of rotatable bonds is 4. The summed E-state index contributed by atoms with van der Waals surface area (Å²) < 4.78 is 1.72. The van der Waals surface area contributed by atoms with E-state index in [0.717, 1.165) is 38.8 Å². The quantitative estimate of drug-likeness (QED) is 0.940. The Balaban J connectivity index is 1.97. The summed E-state index contributed by atoms with van der Waals surface area (Å²) in [4.78, 5) is 31.3. The van der Waals surface area contributed by atoms with E-state index in [1.807, 2.05) is 30.0 Å². The van der Waals surface area contributed by atoms with Gasteiger partial charge in [0.2, 0.25) is 5.82 Å². The fourth-order valence-corrected chi connectivity index (χ4v) is 2.92. The van der Waals surface area contributed by atoms with Crippen molar-refractivity contribution in [3.8, 4) is 0 Å². The minimum Gasteiger partial charge on any atom is -0.351 e. The van der Waals surface area contributed by atoms with E-state index < -0.39 is 0 Å². The molecule has 0 aliphatic carbocycles. The molecule has 3 heterocycles. The van der Waals surface area contributed by atoms with Gasteiger partial charge in [0, 0.05) is 25.8 Å². The second-order valence-electron chi connectivity index (χ2n) is 5.85. The zero-order chi connectivity index (χ0) is 16.2. The summed E-state index contributed by atoms with van der Waals surface area (Å²) in [7, 11) is 0. The molecule has 23 heavy (non-hydrogen) atoms. The van der Waals surface area contributed by atoms with Crippen LogP contribution in [0.25, 0.3) is 5.52 Å². The van der Waals surface area contributed by atoms with Gasteiger partial charge in [-0.15, -0.1) is 0 Å². The first-order chi connectivity index (χ1) is 11.2. The number of carbonyl (C=O) groups is 2. The lowest BCUT2D eigenvalue weighted by Crippen LogP contribution is -2.36. The minimum absolute atomic E-state index is 0.0968. The van der Waals surface area contributed by atoms with E-state index >= 15 is 0 Å². The summed E-state index contributed by atoms with van der Waals surface area (Å²) >= 11 is 0. The number of imidazole rings is 1. The van der Waals surface area contributed by atoms with Crippen LogP contribution in [0.15, 0.2) is 24.4 Å². The van der Waals surface area contributed by atoms with E-state index in [-0.39, 0.29) is 11.8 Å². The van der Waals surface area contributed by atoms with Crippen LogP contribution in [-0.4, -0.2) is 45.7 Å².